The van der Waals surface area contributed by atoms with Crippen molar-refractivity contribution < 1.29 is 17.7 Å². The Hall–Kier alpha value is -0.530. The van der Waals surface area contributed by atoms with Gasteiger partial charge in [0.15, 0.2) is 12.0 Å². The maximum Gasteiger partial charge on any atom is 0.286 e. The van der Waals surface area contributed by atoms with Crippen molar-refractivity contribution in [2.75, 3.05) is 6.26 Å². The standard InChI is InChI=1S/C9H8BrF3NOS/c1-16(15)14-8(9(12)13)6-4-5(10)2-3-7(6)11/h2-4,9,15H,1H3/q+1. The van der Waals surface area contributed by atoms with Crippen molar-refractivity contribution in [1.82, 2.24) is 0 Å². The van der Waals surface area contributed by atoms with Crippen molar-refractivity contribution in [3.63, 3.8) is 0 Å². The fourth-order valence-corrected chi connectivity index (χ4v) is 1.87. The van der Waals surface area contributed by atoms with Crippen LogP contribution in [0.4, 0.5) is 13.2 Å². The lowest BCUT2D eigenvalue weighted by Crippen LogP contribution is -2.16. The summed E-state index contributed by atoms with van der Waals surface area (Å²) in [6, 6.07) is 3.65. The van der Waals surface area contributed by atoms with E-state index in [1.807, 2.05) is 0 Å². The fraction of sp³-hybridized carbons (Fsp3) is 0.222. The van der Waals surface area contributed by atoms with Gasteiger partial charge in [0.1, 0.15) is 5.82 Å². The molecule has 0 aromatic heterocycles. The van der Waals surface area contributed by atoms with Gasteiger partial charge in [-0.1, -0.05) is 15.9 Å². The molecule has 88 valence electrons. The van der Waals surface area contributed by atoms with Crippen molar-refractivity contribution in [3.05, 3.63) is 34.1 Å². The van der Waals surface area contributed by atoms with Crippen LogP contribution >= 0.6 is 15.9 Å². The van der Waals surface area contributed by atoms with Crippen LogP contribution in [0.1, 0.15) is 5.56 Å². The van der Waals surface area contributed by atoms with Crippen molar-refractivity contribution in [2.45, 2.75) is 6.43 Å². The molecule has 2 nitrogen and oxygen atoms in total. The number of hydrogen-bond acceptors (Lipinski definition) is 2. The van der Waals surface area contributed by atoms with Crippen LogP contribution in [0.15, 0.2) is 27.1 Å². The summed E-state index contributed by atoms with van der Waals surface area (Å²) < 4.78 is 51.4. The molecular formula is C9H8BrF3NOS+. The number of benzene rings is 1. The molecule has 1 atom stereocenters. The molecule has 0 radical (unpaired) electrons. The maximum atomic E-state index is 13.3. The molecule has 0 amide bonds. The van der Waals surface area contributed by atoms with Crippen LogP contribution in [0.3, 0.4) is 0 Å². The molecule has 7 heteroatoms. The summed E-state index contributed by atoms with van der Waals surface area (Å²) in [5.74, 6) is -0.798. The highest BCUT2D eigenvalue weighted by atomic mass is 79.9. The molecule has 0 fully saturated rings. The fourth-order valence-electron chi connectivity index (χ4n) is 1.04. The van der Waals surface area contributed by atoms with E-state index < -0.39 is 29.3 Å². The van der Waals surface area contributed by atoms with Gasteiger partial charge in [0.25, 0.3) is 17.8 Å². The predicted molar refractivity (Wildman–Crippen MR) is 62.6 cm³/mol. The number of rotatable bonds is 3. The molecule has 16 heavy (non-hydrogen) atoms. The van der Waals surface area contributed by atoms with Gasteiger partial charge in [-0.25, -0.2) is 13.2 Å². The molecule has 1 unspecified atom stereocenters. The highest BCUT2D eigenvalue weighted by Crippen LogP contribution is 2.19. The third kappa shape index (κ3) is 3.50. The van der Waals surface area contributed by atoms with E-state index in [4.69, 9.17) is 4.55 Å². The average molecular weight is 315 g/mol. The molecule has 0 saturated heterocycles. The van der Waals surface area contributed by atoms with Gasteiger partial charge in [0, 0.05) is 10.0 Å². The molecule has 0 aliphatic rings. The van der Waals surface area contributed by atoms with E-state index in [2.05, 4.69) is 20.3 Å². The first-order chi connectivity index (χ1) is 7.41. The minimum Gasteiger partial charge on any atom is -0.206 e. The van der Waals surface area contributed by atoms with Crippen LogP contribution in [0.2, 0.25) is 0 Å². The van der Waals surface area contributed by atoms with E-state index in [0.717, 1.165) is 6.07 Å². The molecule has 1 N–H and O–H groups in total. The van der Waals surface area contributed by atoms with Gasteiger partial charge in [-0.2, -0.15) is 4.55 Å². The second-order valence-electron chi connectivity index (χ2n) is 2.85. The van der Waals surface area contributed by atoms with Gasteiger partial charge >= 0.3 is 0 Å². The summed E-state index contributed by atoms with van der Waals surface area (Å²) in [6.07, 6.45) is -1.69. The minimum absolute atomic E-state index is 0.308. The number of nitrogens with zero attached hydrogens (tertiary/aromatic N) is 1. The second kappa shape index (κ2) is 5.70. The van der Waals surface area contributed by atoms with Crippen LogP contribution in [0.5, 0.6) is 0 Å². The van der Waals surface area contributed by atoms with Crippen LogP contribution in [0.25, 0.3) is 0 Å². The van der Waals surface area contributed by atoms with Crippen LogP contribution in [-0.4, -0.2) is 22.9 Å². The molecule has 0 heterocycles. The zero-order chi connectivity index (χ0) is 12.3. The van der Waals surface area contributed by atoms with E-state index in [-0.39, 0.29) is 5.56 Å². The van der Waals surface area contributed by atoms with Crippen molar-refractivity contribution in [2.24, 2.45) is 4.40 Å². The van der Waals surface area contributed by atoms with E-state index in [1.54, 1.807) is 0 Å². The Kier molecular flexibility index (Phi) is 4.82. The third-order valence-corrected chi connectivity index (χ3v) is 2.60. The number of halogens is 4. The molecule has 0 spiro atoms. The van der Waals surface area contributed by atoms with Crippen molar-refractivity contribution in [3.8, 4) is 0 Å². The van der Waals surface area contributed by atoms with Crippen molar-refractivity contribution in [1.29, 1.82) is 0 Å². The quantitative estimate of drug-likeness (QED) is 0.674. The molecule has 1 rings (SSSR count). The molecule has 0 aliphatic heterocycles. The Bertz CT molecular complexity index is 412. The highest BCUT2D eigenvalue weighted by molar-refractivity contribution is 9.10. The Morgan fingerprint density at radius 3 is 2.62 bits per heavy atom. The third-order valence-electron chi connectivity index (χ3n) is 1.64. The Labute approximate surface area is 102 Å². The van der Waals surface area contributed by atoms with Gasteiger partial charge < -0.3 is 0 Å². The molecule has 0 bridgehead atoms. The maximum absolute atomic E-state index is 13.3. The first-order valence-electron chi connectivity index (χ1n) is 4.09. The molecule has 0 saturated carbocycles. The lowest BCUT2D eigenvalue weighted by Gasteiger charge is -2.04. The summed E-state index contributed by atoms with van der Waals surface area (Å²) in [5, 5.41) is 0. The molecular weight excluding hydrogens is 307 g/mol. The minimum atomic E-state index is -2.94. The van der Waals surface area contributed by atoms with Crippen LogP contribution in [-0.2, 0) is 11.4 Å². The SMILES string of the molecule is C[S+](O)N=C(c1cc(Br)ccc1F)C(F)F. The summed E-state index contributed by atoms with van der Waals surface area (Å²) in [4.78, 5) is 0. The lowest BCUT2D eigenvalue weighted by molar-refractivity contribution is 0.226. The normalized spacial score (nSPS) is 14.3. The van der Waals surface area contributed by atoms with Gasteiger partial charge in [-0.3, -0.25) is 0 Å². The molecule has 1 aromatic rings. The van der Waals surface area contributed by atoms with Gasteiger partial charge in [-0.15, -0.1) is 0 Å². The zero-order valence-corrected chi connectivity index (χ0v) is 10.5. The summed E-state index contributed by atoms with van der Waals surface area (Å²) in [5.41, 5.74) is -1.05. The monoisotopic (exact) mass is 314 g/mol. The predicted octanol–water partition coefficient (Wildman–Crippen LogP) is 3.28. The Balaban J connectivity index is 3.26. The first-order valence-corrected chi connectivity index (χ1v) is 6.43. The highest BCUT2D eigenvalue weighted by Gasteiger charge is 2.24. The lowest BCUT2D eigenvalue weighted by atomic mass is 10.1. The number of alkyl halides is 2. The Morgan fingerprint density at radius 1 is 1.50 bits per heavy atom. The van der Waals surface area contributed by atoms with Crippen LogP contribution < -0.4 is 0 Å². The summed E-state index contributed by atoms with van der Waals surface area (Å²) >= 11 is 1.50. The smallest absolute Gasteiger partial charge is 0.206 e. The average Bonchev–Trinajstić information content (AvgIpc) is 2.18. The number of hydrogen-bond donors (Lipinski definition) is 1. The summed E-state index contributed by atoms with van der Waals surface area (Å²) in [6.45, 7) is 0. The van der Waals surface area contributed by atoms with Crippen molar-refractivity contribution >= 4 is 33.0 Å². The second-order valence-corrected chi connectivity index (χ2v) is 4.84. The topological polar surface area (TPSA) is 32.6 Å². The largest absolute Gasteiger partial charge is 0.286 e. The molecule has 0 aliphatic carbocycles. The van der Waals surface area contributed by atoms with E-state index in [1.165, 1.54) is 18.4 Å². The van der Waals surface area contributed by atoms with Gasteiger partial charge in [0.05, 0.1) is 0 Å². The van der Waals surface area contributed by atoms with Gasteiger partial charge in [0.2, 0.25) is 0 Å². The summed E-state index contributed by atoms with van der Waals surface area (Å²) in [7, 11) is 0. The zero-order valence-electron chi connectivity index (χ0n) is 8.12. The van der Waals surface area contributed by atoms with Gasteiger partial charge in [-0.05, 0) is 22.6 Å². The van der Waals surface area contributed by atoms with E-state index in [0.29, 0.717) is 4.47 Å². The molecule has 1 aromatic carbocycles. The first kappa shape index (κ1) is 13.5. The Morgan fingerprint density at radius 2 is 2.12 bits per heavy atom. The van der Waals surface area contributed by atoms with E-state index in [9.17, 15) is 13.2 Å². The van der Waals surface area contributed by atoms with Crippen LogP contribution in [0, 0.1) is 5.82 Å². The van der Waals surface area contributed by atoms with E-state index >= 15 is 0 Å².